The minimum atomic E-state index is 0.286. The Morgan fingerprint density at radius 1 is 0.588 bits per heavy atom. The summed E-state index contributed by atoms with van der Waals surface area (Å²) in [5.41, 5.74) is 12.9. The first-order chi connectivity index (χ1) is 16.5. The molecule has 0 N–H and O–H groups in total. The molecule has 4 aromatic carbocycles. The molecule has 1 aliphatic carbocycles. The van der Waals surface area contributed by atoms with Crippen LogP contribution in [0, 0.1) is 6.92 Å². The van der Waals surface area contributed by atoms with Gasteiger partial charge in [-0.3, -0.25) is 0 Å². The van der Waals surface area contributed by atoms with Gasteiger partial charge in [0, 0.05) is 24.1 Å². The molecule has 0 fully saturated rings. The van der Waals surface area contributed by atoms with Crippen LogP contribution in [-0.4, -0.2) is 17.1 Å². The third-order valence-corrected chi connectivity index (χ3v) is 7.39. The van der Waals surface area contributed by atoms with Gasteiger partial charge in [0.2, 0.25) is 0 Å². The van der Waals surface area contributed by atoms with Crippen molar-refractivity contribution in [2.75, 3.05) is 4.90 Å². The zero-order valence-corrected chi connectivity index (χ0v) is 20.3. The highest BCUT2D eigenvalue weighted by atomic mass is 15.4. The van der Waals surface area contributed by atoms with Crippen LogP contribution in [0.2, 0.25) is 0 Å². The third-order valence-electron chi connectivity index (χ3n) is 7.39. The maximum atomic E-state index is 2.42. The molecule has 0 saturated carbocycles. The van der Waals surface area contributed by atoms with E-state index in [1.807, 2.05) is 0 Å². The smallest absolute Gasteiger partial charge is 0.103 e. The van der Waals surface area contributed by atoms with Crippen molar-refractivity contribution in [2.45, 2.75) is 39.9 Å². The molecule has 2 nitrogen and oxygen atoms in total. The number of anilines is 1. The van der Waals surface area contributed by atoms with Crippen LogP contribution in [0.5, 0.6) is 0 Å². The van der Waals surface area contributed by atoms with Crippen LogP contribution in [0.1, 0.15) is 26.3 Å². The van der Waals surface area contributed by atoms with E-state index < -0.39 is 0 Å². The molecule has 0 spiro atoms. The normalized spacial score (nSPS) is 16.0. The van der Waals surface area contributed by atoms with E-state index in [1.165, 1.54) is 55.8 Å². The van der Waals surface area contributed by atoms with Gasteiger partial charge < -0.3 is 9.80 Å². The lowest BCUT2D eigenvalue weighted by molar-refractivity contribution is 0.263. The Labute approximate surface area is 202 Å². The maximum Gasteiger partial charge on any atom is 0.103 e. The van der Waals surface area contributed by atoms with Crippen molar-refractivity contribution in [3.05, 3.63) is 103 Å². The molecule has 1 heterocycles. The number of hydrogen-bond acceptors (Lipinski definition) is 2. The summed E-state index contributed by atoms with van der Waals surface area (Å²) in [4.78, 5) is 4.83. The first kappa shape index (κ1) is 20.8. The van der Waals surface area contributed by atoms with Gasteiger partial charge in [-0.15, -0.1) is 0 Å². The minimum absolute atomic E-state index is 0.286. The molecule has 2 aliphatic rings. The molecule has 1 aliphatic heterocycles. The lowest BCUT2D eigenvalue weighted by Crippen LogP contribution is -2.39. The number of fused-ring (bicyclic) bond motifs is 8. The van der Waals surface area contributed by atoms with Crippen molar-refractivity contribution < 1.29 is 0 Å². The lowest BCUT2D eigenvalue weighted by atomic mass is 9.80. The predicted octanol–water partition coefficient (Wildman–Crippen LogP) is 8.32. The molecule has 0 amide bonds. The Bertz CT molecular complexity index is 1430. The molecule has 0 radical (unpaired) electrons. The number of rotatable bonds is 2. The molecule has 34 heavy (non-hydrogen) atoms. The lowest BCUT2D eigenvalue weighted by Gasteiger charge is -2.34. The van der Waals surface area contributed by atoms with Gasteiger partial charge in [0.15, 0.2) is 0 Å². The third kappa shape index (κ3) is 3.09. The summed E-state index contributed by atoms with van der Waals surface area (Å²) in [5.74, 6) is 0. The van der Waals surface area contributed by atoms with E-state index in [0.717, 1.165) is 0 Å². The highest BCUT2D eigenvalue weighted by Crippen LogP contribution is 2.49. The van der Waals surface area contributed by atoms with Gasteiger partial charge in [-0.05, 0) is 89.9 Å². The molecule has 4 aromatic rings. The van der Waals surface area contributed by atoms with E-state index in [-0.39, 0.29) is 6.17 Å². The molecule has 2 heteroatoms. The molecule has 168 valence electrons. The van der Waals surface area contributed by atoms with Gasteiger partial charge in [-0.2, -0.15) is 0 Å². The monoisotopic (exact) mass is 442 g/mol. The Morgan fingerprint density at radius 2 is 1.00 bits per heavy atom. The van der Waals surface area contributed by atoms with Crippen molar-refractivity contribution in [1.82, 2.24) is 4.90 Å². The van der Waals surface area contributed by atoms with Crippen LogP contribution in [0.3, 0.4) is 0 Å². The van der Waals surface area contributed by atoms with Crippen LogP contribution < -0.4 is 4.90 Å². The second kappa shape index (κ2) is 7.92. The van der Waals surface area contributed by atoms with E-state index in [9.17, 15) is 0 Å². The van der Waals surface area contributed by atoms with E-state index in [1.54, 1.807) is 0 Å². The van der Waals surface area contributed by atoms with E-state index in [2.05, 4.69) is 135 Å². The van der Waals surface area contributed by atoms with Crippen molar-refractivity contribution in [1.29, 1.82) is 0 Å². The molecular weight excluding hydrogens is 412 g/mol. The molecule has 0 unspecified atom stereocenters. The second-order valence-electron chi connectivity index (χ2n) is 9.70. The fraction of sp³-hybridized carbons (Fsp3) is 0.188. The van der Waals surface area contributed by atoms with Gasteiger partial charge in [0.05, 0.1) is 0 Å². The number of benzene rings is 4. The molecule has 6 rings (SSSR count). The van der Waals surface area contributed by atoms with Gasteiger partial charge in [0.25, 0.3) is 0 Å². The van der Waals surface area contributed by atoms with Gasteiger partial charge in [-0.25, -0.2) is 0 Å². The van der Waals surface area contributed by atoms with E-state index in [4.69, 9.17) is 0 Å². The number of nitrogens with zero attached hydrogens (tertiary/aromatic N) is 2. The topological polar surface area (TPSA) is 6.48 Å². The summed E-state index contributed by atoms with van der Waals surface area (Å²) in [6.07, 6.45) is 4.75. The zero-order valence-electron chi connectivity index (χ0n) is 20.3. The van der Waals surface area contributed by atoms with Crippen LogP contribution >= 0.6 is 0 Å². The van der Waals surface area contributed by atoms with Crippen LogP contribution in [0.4, 0.5) is 5.69 Å². The number of aryl methyl sites for hydroxylation is 1. The van der Waals surface area contributed by atoms with Gasteiger partial charge in [-0.1, -0.05) is 72.8 Å². The Morgan fingerprint density at radius 3 is 1.41 bits per heavy atom. The Balaban J connectivity index is 1.64. The van der Waals surface area contributed by atoms with Gasteiger partial charge in [0.1, 0.15) is 6.17 Å². The maximum absolute atomic E-state index is 2.42. The second-order valence-corrected chi connectivity index (χ2v) is 9.70. The predicted molar refractivity (Wildman–Crippen MR) is 145 cm³/mol. The standard InChI is InChI=1S/C32H30N2/c1-21(2)33-17-18-34(23(33)4)32-20-31-29-16-10-8-14-27(29)25-12-6-5-11-24(25)26-13-7-9-15-28(26)30(31)19-22(32)3/h5-21,23H,1-4H3/t23-/m0/s1. The minimum Gasteiger partial charge on any atom is -0.353 e. The summed E-state index contributed by atoms with van der Waals surface area (Å²) in [7, 11) is 0. The number of hydrogen-bond donors (Lipinski definition) is 0. The summed E-state index contributed by atoms with van der Waals surface area (Å²) in [6, 6.07) is 31.8. The average molecular weight is 443 g/mol. The van der Waals surface area contributed by atoms with Crippen LogP contribution in [-0.2, 0) is 0 Å². The molecule has 0 bridgehead atoms. The Kier molecular flexibility index (Phi) is 4.84. The SMILES string of the molecule is Cc1cc2c(cc1N1C=CN(C(C)C)[C@@H]1C)-c1ccccc1-c1ccccc1-c1ccccc1-2. The van der Waals surface area contributed by atoms with E-state index >= 15 is 0 Å². The highest BCUT2D eigenvalue weighted by molar-refractivity contribution is 6.03. The average Bonchev–Trinajstić information content (AvgIpc) is 3.24. The Hall–Kier alpha value is -3.78. The van der Waals surface area contributed by atoms with Crippen LogP contribution in [0.15, 0.2) is 97.3 Å². The molecule has 1 atom stereocenters. The fourth-order valence-electron chi connectivity index (χ4n) is 5.71. The molecular formula is C32H30N2. The molecule has 0 aromatic heterocycles. The summed E-state index contributed by atoms with van der Waals surface area (Å²) >= 11 is 0. The first-order valence-electron chi connectivity index (χ1n) is 12.2. The van der Waals surface area contributed by atoms with Crippen molar-refractivity contribution >= 4 is 5.69 Å². The van der Waals surface area contributed by atoms with Crippen LogP contribution in [0.25, 0.3) is 44.5 Å². The zero-order chi connectivity index (χ0) is 23.4. The summed E-state index contributed by atoms with van der Waals surface area (Å²) < 4.78 is 0. The summed E-state index contributed by atoms with van der Waals surface area (Å²) in [5, 5.41) is 0. The highest BCUT2D eigenvalue weighted by Gasteiger charge is 2.28. The quantitative estimate of drug-likeness (QED) is 0.271. The largest absolute Gasteiger partial charge is 0.353 e. The van der Waals surface area contributed by atoms with E-state index in [0.29, 0.717) is 6.04 Å². The van der Waals surface area contributed by atoms with Gasteiger partial charge >= 0.3 is 0 Å². The molecule has 0 saturated heterocycles. The first-order valence-corrected chi connectivity index (χ1v) is 12.2. The summed E-state index contributed by atoms with van der Waals surface area (Å²) in [6.45, 7) is 9.04. The fourth-order valence-corrected chi connectivity index (χ4v) is 5.71. The van der Waals surface area contributed by atoms with Crippen molar-refractivity contribution in [3.63, 3.8) is 0 Å². The van der Waals surface area contributed by atoms with Crippen molar-refractivity contribution in [3.8, 4) is 44.5 Å². The van der Waals surface area contributed by atoms with Crippen molar-refractivity contribution in [2.24, 2.45) is 0 Å².